The number of pyridine rings is 1. The van der Waals surface area contributed by atoms with Crippen LogP contribution in [0.4, 0.5) is 0 Å². The van der Waals surface area contributed by atoms with E-state index in [1.807, 2.05) is 24.3 Å². The lowest BCUT2D eigenvalue weighted by atomic mass is 10.1. The minimum absolute atomic E-state index is 0.308. The topological polar surface area (TPSA) is 70.4 Å². The first kappa shape index (κ1) is 10.3. The highest BCUT2D eigenvalue weighted by molar-refractivity contribution is 7.50. The summed E-state index contributed by atoms with van der Waals surface area (Å²) >= 11 is 0. The van der Waals surface area contributed by atoms with E-state index in [0.29, 0.717) is 5.69 Å². The predicted octanol–water partition coefficient (Wildman–Crippen LogP) is 1.91. The molecule has 0 bridgehead atoms. The third kappa shape index (κ3) is 2.63. The highest BCUT2D eigenvalue weighted by atomic mass is 31.2. The minimum atomic E-state index is -4.03. The fourth-order valence-corrected chi connectivity index (χ4v) is 2.02. The molecule has 2 rings (SSSR count). The molecule has 2 N–H and O–H groups in total. The van der Waals surface area contributed by atoms with Crippen molar-refractivity contribution in [2.45, 2.75) is 6.16 Å². The molecule has 2 aromatic rings. The van der Waals surface area contributed by atoms with Gasteiger partial charge in [0, 0.05) is 11.6 Å². The molecule has 0 saturated heterocycles. The molecule has 0 radical (unpaired) electrons. The Morgan fingerprint density at radius 3 is 2.53 bits per heavy atom. The Hall–Kier alpha value is -1.22. The van der Waals surface area contributed by atoms with Crippen LogP contribution in [0.2, 0.25) is 0 Å². The lowest BCUT2D eigenvalue weighted by molar-refractivity contribution is 0.371. The number of aromatic nitrogens is 1. The molecule has 0 aliphatic rings. The van der Waals surface area contributed by atoms with E-state index in [2.05, 4.69) is 4.98 Å². The van der Waals surface area contributed by atoms with Crippen LogP contribution in [0.5, 0.6) is 0 Å². The number of fused-ring (bicyclic) bond motifs is 1. The third-order valence-electron chi connectivity index (χ3n) is 2.06. The van der Waals surface area contributed by atoms with Crippen LogP contribution >= 0.6 is 7.60 Å². The standard InChI is InChI=1S/C10H10NO3P/c12-15(13,14)7-10-5-8-3-1-2-4-9(8)6-11-10/h1-6H,7H2,(H2,12,13,14). The largest absolute Gasteiger partial charge is 0.331 e. The van der Waals surface area contributed by atoms with E-state index in [1.54, 1.807) is 12.3 Å². The summed E-state index contributed by atoms with van der Waals surface area (Å²) in [5, 5.41) is 1.91. The zero-order valence-corrected chi connectivity index (χ0v) is 8.76. The Morgan fingerprint density at radius 2 is 1.87 bits per heavy atom. The summed E-state index contributed by atoms with van der Waals surface area (Å²) < 4.78 is 10.8. The minimum Gasteiger partial charge on any atom is -0.324 e. The van der Waals surface area contributed by atoms with Crippen molar-refractivity contribution in [3.8, 4) is 0 Å². The molecule has 1 aromatic carbocycles. The zero-order valence-electron chi connectivity index (χ0n) is 7.87. The molecule has 0 amide bonds. The van der Waals surface area contributed by atoms with Gasteiger partial charge in [-0.1, -0.05) is 24.3 Å². The van der Waals surface area contributed by atoms with E-state index in [0.717, 1.165) is 10.8 Å². The van der Waals surface area contributed by atoms with Gasteiger partial charge >= 0.3 is 7.60 Å². The molecule has 4 nitrogen and oxygen atoms in total. The first-order valence-electron chi connectivity index (χ1n) is 4.43. The number of hydrogen-bond donors (Lipinski definition) is 2. The van der Waals surface area contributed by atoms with Crippen LogP contribution in [0.15, 0.2) is 36.5 Å². The molecule has 0 aliphatic heterocycles. The molecule has 0 saturated carbocycles. The van der Waals surface area contributed by atoms with Crippen LogP contribution in [0.3, 0.4) is 0 Å². The van der Waals surface area contributed by atoms with Crippen LogP contribution in [0, 0.1) is 0 Å². The molecule has 0 fully saturated rings. The molecule has 78 valence electrons. The zero-order chi connectivity index (χ0) is 10.9. The quantitative estimate of drug-likeness (QED) is 0.763. The first-order chi connectivity index (χ1) is 7.04. The summed E-state index contributed by atoms with van der Waals surface area (Å²) in [7, 11) is -4.03. The van der Waals surface area contributed by atoms with Gasteiger partial charge in [0.1, 0.15) is 0 Å². The highest BCUT2D eigenvalue weighted by Crippen LogP contribution is 2.38. The van der Waals surface area contributed by atoms with Crippen molar-refractivity contribution >= 4 is 18.4 Å². The van der Waals surface area contributed by atoms with Gasteiger partial charge in [-0.15, -0.1) is 0 Å². The summed E-state index contributed by atoms with van der Waals surface area (Å²) in [6.45, 7) is 0. The number of benzene rings is 1. The molecule has 0 atom stereocenters. The number of rotatable bonds is 2. The fraction of sp³-hybridized carbons (Fsp3) is 0.100. The molecule has 15 heavy (non-hydrogen) atoms. The van der Waals surface area contributed by atoms with E-state index in [9.17, 15) is 4.57 Å². The van der Waals surface area contributed by atoms with Crippen molar-refractivity contribution in [2.24, 2.45) is 0 Å². The Labute approximate surface area is 86.7 Å². The second kappa shape index (κ2) is 3.74. The van der Waals surface area contributed by atoms with Crippen LogP contribution in [-0.4, -0.2) is 14.8 Å². The fourth-order valence-electron chi connectivity index (χ4n) is 1.43. The van der Waals surface area contributed by atoms with E-state index in [-0.39, 0.29) is 6.16 Å². The summed E-state index contributed by atoms with van der Waals surface area (Å²) in [5.41, 5.74) is 0.419. The second-order valence-corrected chi connectivity index (χ2v) is 4.99. The Bertz CT molecular complexity index is 535. The molecule has 0 unspecified atom stereocenters. The average Bonchev–Trinajstić information content (AvgIpc) is 2.15. The first-order valence-corrected chi connectivity index (χ1v) is 6.23. The van der Waals surface area contributed by atoms with Crippen molar-refractivity contribution in [3.05, 3.63) is 42.2 Å². The van der Waals surface area contributed by atoms with Gasteiger partial charge in [0.25, 0.3) is 0 Å². The van der Waals surface area contributed by atoms with Crippen LogP contribution in [0.1, 0.15) is 5.69 Å². The van der Waals surface area contributed by atoms with Gasteiger partial charge in [-0.25, -0.2) is 0 Å². The van der Waals surface area contributed by atoms with E-state index >= 15 is 0 Å². The van der Waals surface area contributed by atoms with Crippen LogP contribution in [-0.2, 0) is 10.7 Å². The lowest BCUT2D eigenvalue weighted by Gasteiger charge is -2.04. The van der Waals surface area contributed by atoms with Crippen molar-refractivity contribution in [2.75, 3.05) is 0 Å². The molecule has 1 heterocycles. The summed E-state index contributed by atoms with van der Waals surface area (Å²) in [6, 6.07) is 9.27. The summed E-state index contributed by atoms with van der Waals surface area (Å²) in [4.78, 5) is 21.6. The average molecular weight is 223 g/mol. The van der Waals surface area contributed by atoms with Crippen molar-refractivity contribution < 1.29 is 14.4 Å². The van der Waals surface area contributed by atoms with Gasteiger partial charge in [0.05, 0.1) is 11.9 Å². The van der Waals surface area contributed by atoms with Gasteiger partial charge in [-0.3, -0.25) is 9.55 Å². The van der Waals surface area contributed by atoms with E-state index in [4.69, 9.17) is 9.79 Å². The van der Waals surface area contributed by atoms with Crippen molar-refractivity contribution in [1.29, 1.82) is 0 Å². The van der Waals surface area contributed by atoms with Gasteiger partial charge in [0.15, 0.2) is 0 Å². The highest BCUT2D eigenvalue weighted by Gasteiger charge is 2.14. The van der Waals surface area contributed by atoms with Crippen molar-refractivity contribution in [1.82, 2.24) is 4.98 Å². The van der Waals surface area contributed by atoms with Crippen LogP contribution < -0.4 is 0 Å². The Balaban J connectivity index is 2.43. The molecule has 0 aliphatic carbocycles. The Morgan fingerprint density at radius 1 is 1.20 bits per heavy atom. The number of hydrogen-bond acceptors (Lipinski definition) is 2. The van der Waals surface area contributed by atoms with Crippen molar-refractivity contribution in [3.63, 3.8) is 0 Å². The second-order valence-electron chi connectivity index (χ2n) is 3.35. The maximum atomic E-state index is 10.8. The maximum absolute atomic E-state index is 10.8. The molecular formula is C10H10NO3P. The maximum Gasteiger partial charge on any atom is 0.331 e. The molecule has 0 spiro atoms. The van der Waals surface area contributed by atoms with Gasteiger partial charge in [-0.05, 0) is 11.5 Å². The normalized spacial score (nSPS) is 11.9. The lowest BCUT2D eigenvalue weighted by Crippen LogP contribution is -1.90. The summed E-state index contributed by atoms with van der Waals surface area (Å²) in [5.74, 6) is 0. The third-order valence-corrected chi connectivity index (χ3v) is 2.79. The number of nitrogens with zero attached hydrogens (tertiary/aromatic N) is 1. The van der Waals surface area contributed by atoms with Gasteiger partial charge in [0.2, 0.25) is 0 Å². The van der Waals surface area contributed by atoms with Gasteiger partial charge in [-0.2, -0.15) is 0 Å². The van der Waals surface area contributed by atoms with Crippen LogP contribution in [0.25, 0.3) is 10.8 Å². The summed E-state index contributed by atoms with van der Waals surface area (Å²) in [6.07, 6.45) is 1.32. The molecular weight excluding hydrogens is 213 g/mol. The molecule has 1 aromatic heterocycles. The monoisotopic (exact) mass is 223 g/mol. The van der Waals surface area contributed by atoms with Gasteiger partial charge < -0.3 is 9.79 Å². The Kier molecular flexibility index (Phi) is 2.57. The molecule has 5 heteroatoms. The predicted molar refractivity (Wildman–Crippen MR) is 57.5 cm³/mol. The smallest absolute Gasteiger partial charge is 0.324 e. The van der Waals surface area contributed by atoms with E-state index in [1.165, 1.54) is 0 Å². The van der Waals surface area contributed by atoms with E-state index < -0.39 is 7.60 Å². The SMILES string of the molecule is O=P(O)(O)Cc1cc2ccccc2cn1.